The first-order chi connectivity index (χ1) is 12.9. The van der Waals surface area contributed by atoms with Gasteiger partial charge in [0.1, 0.15) is 12.4 Å². The van der Waals surface area contributed by atoms with Crippen LogP contribution in [0.15, 0.2) is 43.0 Å². The minimum absolute atomic E-state index is 0.0169. The summed E-state index contributed by atoms with van der Waals surface area (Å²) in [6.07, 6.45) is 5.72. The molecule has 144 valence electrons. The van der Waals surface area contributed by atoms with Crippen molar-refractivity contribution in [1.29, 1.82) is 0 Å². The SMILES string of the molecule is CC(C)(C)C(Cn1ccnc1)NC(=O)CCn1c(CO)nc2ccccc21. The molecule has 1 unspecified atom stereocenters. The van der Waals surface area contributed by atoms with Crippen molar-refractivity contribution in [2.75, 3.05) is 0 Å². The zero-order chi connectivity index (χ0) is 19.4. The summed E-state index contributed by atoms with van der Waals surface area (Å²) in [5.41, 5.74) is 1.67. The van der Waals surface area contributed by atoms with E-state index in [-0.39, 0.29) is 24.0 Å². The molecule has 2 heterocycles. The van der Waals surface area contributed by atoms with Crippen LogP contribution in [0.25, 0.3) is 11.0 Å². The van der Waals surface area contributed by atoms with E-state index in [1.54, 1.807) is 12.5 Å². The average Bonchev–Trinajstić information content (AvgIpc) is 3.25. The molecule has 2 aromatic heterocycles. The molecule has 0 radical (unpaired) electrons. The zero-order valence-electron chi connectivity index (χ0n) is 16.1. The monoisotopic (exact) mass is 369 g/mol. The summed E-state index contributed by atoms with van der Waals surface area (Å²) in [6.45, 7) is 7.34. The van der Waals surface area contributed by atoms with Gasteiger partial charge in [0, 0.05) is 31.9 Å². The predicted molar refractivity (Wildman–Crippen MR) is 104 cm³/mol. The van der Waals surface area contributed by atoms with Gasteiger partial charge in [-0.25, -0.2) is 9.97 Å². The number of aliphatic hydroxyl groups excluding tert-OH is 1. The van der Waals surface area contributed by atoms with Crippen LogP contribution in [0.2, 0.25) is 0 Å². The smallest absolute Gasteiger partial charge is 0.222 e. The van der Waals surface area contributed by atoms with E-state index in [1.165, 1.54) is 0 Å². The highest BCUT2D eigenvalue weighted by molar-refractivity contribution is 5.78. The fraction of sp³-hybridized carbons (Fsp3) is 0.450. The number of hydrogen-bond acceptors (Lipinski definition) is 4. The fourth-order valence-electron chi connectivity index (χ4n) is 3.12. The van der Waals surface area contributed by atoms with Crippen LogP contribution in [0, 0.1) is 5.41 Å². The number of fused-ring (bicyclic) bond motifs is 1. The summed E-state index contributed by atoms with van der Waals surface area (Å²) in [4.78, 5) is 21.1. The molecule has 2 N–H and O–H groups in total. The minimum Gasteiger partial charge on any atom is -0.388 e. The third-order valence-electron chi connectivity index (χ3n) is 4.77. The number of carbonyl (C=O) groups excluding carboxylic acids is 1. The number of nitrogens with zero attached hydrogens (tertiary/aromatic N) is 4. The van der Waals surface area contributed by atoms with Crippen molar-refractivity contribution in [2.45, 2.75) is 52.9 Å². The molecule has 1 amide bonds. The Kier molecular flexibility index (Phi) is 5.60. The molecular weight excluding hydrogens is 342 g/mol. The van der Waals surface area contributed by atoms with Gasteiger partial charge in [-0.15, -0.1) is 0 Å². The summed E-state index contributed by atoms with van der Waals surface area (Å²) in [5, 5.41) is 12.7. The van der Waals surface area contributed by atoms with Gasteiger partial charge in [-0.05, 0) is 17.5 Å². The number of hydrogen-bond donors (Lipinski definition) is 2. The summed E-state index contributed by atoms with van der Waals surface area (Å²) in [5.74, 6) is 0.562. The van der Waals surface area contributed by atoms with Crippen LogP contribution in [0.1, 0.15) is 33.0 Å². The standard InChI is InChI=1S/C20H27N5O2/c1-20(2,3)17(12-24-11-9-21-14-24)23-19(27)8-10-25-16-7-5-4-6-15(16)22-18(25)13-26/h4-7,9,11,14,17,26H,8,10,12-13H2,1-3H3,(H,23,27). The lowest BCUT2D eigenvalue weighted by atomic mass is 9.86. The first-order valence-electron chi connectivity index (χ1n) is 9.18. The number of para-hydroxylation sites is 2. The zero-order valence-corrected chi connectivity index (χ0v) is 16.1. The molecule has 0 aliphatic rings. The normalized spacial score (nSPS) is 13.0. The Morgan fingerprint density at radius 3 is 2.74 bits per heavy atom. The largest absolute Gasteiger partial charge is 0.388 e. The average molecular weight is 369 g/mol. The first kappa shape index (κ1) is 19.1. The van der Waals surface area contributed by atoms with Gasteiger partial charge in [-0.1, -0.05) is 32.9 Å². The van der Waals surface area contributed by atoms with Gasteiger partial charge in [0.15, 0.2) is 0 Å². The molecule has 1 atom stereocenters. The Balaban J connectivity index is 1.68. The van der Waals surface area contributed by atoms with E-state index in [1.807, 2.05) is 39.6 Å². The number of imidazole rings is 2. The molecule has 1 aromatic carbocycles. The lowest BCUT2D eigenvalue weighted by Gasteiger charge is -2.32. The van der Waals surface area contributed by atoms with Crippen LogP contribution < -0.4 is 5.32 Å². The molecule has 0 saturated heterocycles. The molecule has 7 nitrogen and oxygen atoms in total. The van der Waals surface area contributed by atoms with Crippen molar-refractivity contribution in [3.63, 3.8) is 0 Å². The Bertz CT molecular complexity index is 893. The maximum atomic E-state index is 12.6. The van der Waals surface area contributed by atoms with E-state index in [0.29, 0.717) is 25.3 Å². The highest BCUT2D eigenvalue weighted by atomic mass is 16.3. The van der Waals surface area contributed by atoms with Gasteiger partial charge in [0.2, 0.25) is 5.91 Å². The summed E-state index contributed by atoms with van der Waals surface area (Å²) < 4.78 is 3.89. The van der Waals surface area contributed by atoms with Crippen LogP contribution in [-0.2, 0) is 24.5 Å². The highest BCUT2D eigenvalue weighted by Crippen LogP contribution is 2.21. The van der Waals surface area contributed by atoms with Gasteiger partial charge in [0.05, 0.1) is 23.4 Å². The van der Waals surface area contributed by atoms with Gasteiger partial charge in [-0.2, -0.15) is 0 Å². The second-order valence-corrected chi connectivity index (χ2v) is 7.82. The predicted octanol–water partition coefficient (Wildman–Crippen LogP) is 2.35. The molecule has 3 aromatic rings. The minimum atomic E-state index is -0.151. The van der Waals surface area contributed by atoms with Crippen LogP contribution in [-0.4, -0.2) is 36.2 Å². The Hall–Kier alpha value is -2.67. The van der Waals surface area contributed by atoms with Crippen molar-refractivity contribution in [2.24, 2.45) is 5.41 Å². The van der Waals surface area contributed by atoms with Crippen molar-refractivity contribution in [1.82, 2.24) is 24.4 Å². The number of aliphatic hydroxyl groups is 1. The topological polar surface area (TPSA) is 85.0 Å². The van der Waals surface area contributed by atoms with Crippen molar-refractivity contribution in [3.05, 3.63) is 48.8 Å². The molecule has 7 heteroatoms. The van der Waals surface area contributed by atoms with Crippen molar-refractivity contribution < 1.29 is 9.90 Å². The summed E-state index contributed by atoms with van der Waals surface area (Å²) >= 11 is 0. The van der Waals surface area contributed by atoms with Gasteiger partial charge in [-0.3, -0.25) is 4.79 Å². The van der Waals surface area contributed by atoms with Crippen molar-refractivity contribution in [3.8, 4) is 0 Å². The molecule has 0 saturated carbocycles. The Labute approximate surface area is 159 Å². The highest BCUT2D eigenvalue weighted by Gasteiger charge is 2.26. The van der Waals surface area contributed by atoms with E-state index < -0.39 is 0 Å². The van der Waals surface area contributed by atoms with Gasteiger partial charge in [0.25, 0.3) is 0 Å². The van der Waals surface area contributed by atoms with Crippen LogP contribution in [0.5, 0.6) is 0 Å². The third-order valence-corrected chi connectivity index (χ3v) is 4.77. The maximum Gasteiger partial charge on any atom is 0.222 e. The number of amides is 1. The Morgan fingerprint density at radius 1 is 1.30 bits per heavy atom. The molecule has 27 heavy (non-hydrogen) atoms. The lowest BCUT2D eigenvalue weighted by molar-refractivity contribution is -0.122. The van der Waals surface area contributed by atoms with Crippen LogP contribution >= 0.6 is 0 Å². The van der Waals surface area contributed by atoms with Gasteiger partial charge < -0.3 is 19.6 Å². The lowest BCUT2D eigenvalue weighted by Crippen LogP contribution is -2.46. The number of benzene rings is 1. The molecule has 0 bridgehead atoms. The number of nitrogens with one attached hydrogen (secondary N) is 1. The van der Waals surface area contributed by atoms with E-state index in [0.717, 1.165) is 11.0 Å². The van der Waals surface area contributed by atoms with E-state index in [9.17, 15) is 9.90 Å². The van der Waals surface area contributed by atoms with E-state index >= 15 is 0 Å². The van der Waals surface area contributed by atoms with Crippen LogP contribution in [0.4, 0.5) is 0 Å². The second kappa shape index (κ2) is 7.92. The number of aromatic nitrogens is 4. The molecule has 0 spiro atoms. The molecule has 0 aliphatic carbocycles. The number of aryl methyl sites for hydroxylation is 1. The van der Waals surface area contributed by atoms with Crippen molar-refractivity contribution >= 4 is 16.9 Å². The molecule has 3 rings (SSSR count). The maximum absolute atomic E-state index is 12.6. The number of carbonyl (C=O) groups is 1. The Morgan fingerprint density at radius 2 is 2.07 bits per heavy atom. The van der Waals surface area contributed by atoms with Gasteiger partial charge >= 0.3 is 0 Å². The molecule has 0 fully saturated rings. The molecule has 0 aliphatic heterocycles. The molecular formula is C20H27N5O2. The summed E-state index contributed by atoms with van der Waals surface area (Å²) in [6, 6.07) is 7.69. The van der Waals surface area contributed by atoms with E-state index in [4.69, 9.17) is 0 Å². The second-order valence-electron chi connectivity index (χ2n) is 7.82. The van der Waals surface area contributed by atoms with E-state index in [2.05, 4.69) is 36.1 Å². The quantitative estimate of drug-likeness (QED) is 0.669. The first-order valence-corrected chi connectivity index (χ1v) is 9.18. The third kappa shape index (κ3) is 4.54. The number of rotatable bonds is 7. The summed E-state index contributed by atoms with van der Waals surface area (Å²) in [7, 11) is 0. The fourth-order valence-corrected chi connectivity index (χ4v) is 3.12. The van der Waals surface area contributed by atoms with Crippen LogP contribution in [0.3, 0.4) is 0 Å².